The lowest BCUT2D eigenvalue weighted by molar-refractivity contribution is -0.121. The fourth-order valence-electron chi connectivity index (χ4n) is 3.55. The van der Waals surface area contributed by atoms with Crippen molar-refractivity contribution in [2.24, 2.45) is 5.92 Å². The van der Waals surface area contributed by atoms with Crippen LogP contribution in [0.3, 0.4) is 0 Å². The molecule has 3 rings (SSSR count). The topological polar surface area (TPSA) is 103 Å². The number of piperidine rings is 1. The first-order valence-electron chi connectivity index (χ1n) is 9.97. The third-order valence-electron chi connectivity index (χ3n) is 5.18. The molecule has 9 heteroatoms. The van der Waals surface area contributed by atoms with Gasteiger partial charge in [-0.2, -0.15) is 4.98 Å². The molecular weight excluding hydrogens is 372 g/mol. The minimum Gasteiger partial charge on any atom is -0.496 e. The van der Waals surface area contributed by atoms with E-state index in [1.165, 1.54) is 0 Å². The first kappa shape index (κ1) is 20.6. The molecule has 9 nitrogen and oxygen atoms in total. The predicted octanol–water partition coefficient (Wildman–Crippen LogP) is 2.59. The number of urea groups is 1. The summed E-state index contributed by atoms with van der Waals surface area (Å²) < 4.78 is 5.34. The number of likely N-dealkylation sites (tertiary alicyclic amines) is 1. The maximum Gasteiger partial charge on any atom is 0.320 e. The number of methoxy groups -OCH3 is 1. The highest BCUT2D eigenvalue weighted by molar-refractivity contribution is 5.91. The van der Waals surface area contributed by atoms with Crippen LogP contribution in [0.5, 0.6) is 5.75 Å². The molecule has 3 amide bonds. The Balaban J connectivity index is 1.65. The van der Waals surface area contributed by atoms with Crippen LogP contribution in [0, 0.1) is 5.92 Å². The molecule has 1 aliphatic rings. The Morgan fingerprint density at radius 3 is 2.79 bits per heavy atom. The van der Waals surface area contributed by atoms with Gasteiger partial charge in [-0.25, -0.2) is 4.79 Å². The second-order valence-corrected chi connectivity index (χ2v) is 6.94. The van der Waals surface area contributed by atoms with Crippen molar-refractivity contribution >= 4 is 17.9 Å². The number of H-pyrrole nitrogens is 1. The normalized spacial score (nSPS) is 16.4. The van der Waals surface area contributed by atoms with Crippen molar-refractivity contribution in [1.82, 2.24) is 25.0 Å². The van der Waals surface area contributed by atoms with E-state index < -0.39 is 0 Å². The van der Waals surface area contributed by atoms with Gasteiger partial charge in [0.25, 0.3) is 0 Å². The lowest BCUT2D eigenvalue weighted by Crippen LogP contribution is -2.49. The fourth-order valence-corrected chi connectivity index (χ4v) is 3.55. The number of rotatable bonds is 6. The Bertz CT molecular complexity index is 848. The Morgan fingerprint density at radius 2 is 2.07 bits per heavy atom. The highest BCUT2D eigenvalue weighted by atomic mass is 16.5. The number of aromatic amines is 1. The number of carbonyl (C=O) groups excluding carboxylic acids is 2. The second kappa shape index (κ2) is 9.40. The van der Waals surface area contributed by atoms with Gasteiger partial charge in [-0.3, -0.25) is 15.2 Å². The third-order valence-corrected chi connectivity index (χ3v) is 5.18. The second-order valence-electron chi connectivity index (χ2n) is 6.94. The van der Waals surface area contributed by atoms with E-state index in [0.717, 1.165) is 18.4 Å². The van der Waals surface area contributed by atoms with Gasteiger partial charge in [0.15, 0.2) is 5.82 Å². The average Bonchev–Trinajstić information content (AvgIpc) is 3.22. The van der Waals surface area contributed by atoms with E-state index in [4.69, 9.17) is 4.74 Å². The summed E-state index contributed by atoms with van der Waals surface area (Å²) in [5, 5.41) is 9.71. The van der Waals surface area contributed by atoms with Gasteiger partial charge in [-0.15, -0.1) is 5.10 Å². The van der Waals surface area contributed by atoms with Crippen molar-refractivity contribution in [2.75, 3.05) is 38.6 Å². The summed E-state index contributed by atoms with van der Waals surface area (Å²) in [6.07, 6.45) is 1.53. The molecule has 1 saturated heterocycles. The number of anilines is 1. The van der Waals surface area contributed by atoms with Gasteiger partial charge in [0.2, 0.25) is 11.9 Å². The third kappa shape index (κ3) is 4.67. The molecule has 1 aliphatic heterocycles. The molecular formula is C20H28N6O3. The summed E-state index contributed by atoms with van der Waals surface area (Å²) in [5.41, 5.74) is 0.761. The van der Waals surface area contributed by atoms with E-state index in [9.17, 15) is 9.59 Å². The zero-order valence-electron chi connectivity index (χ0n) is 17.1. The monoisotopic (exact) mass is 400 g/mol. The molecule has 0 spiro atoms. The molecule has 0 saturated carbocycles. The number of benzene rings is 1. The van der Waals surface area contributed by atoms with Crippen LogP contribution in [0.15, 0.2) is 24.3 Å². The maximum absolute atomic E-state index is 12.7. The van der Waals surface area contributed by atoms with Crippen molar-refractivity contribution in [2.45, 2.75) is 26.7 Å². The molecule has 1 fully saturated rings. The number of para-hydroxylation sites is 1. The minimum absolute atomic E-state index is 0.0103. The van der Waals surface area contributed by atoms with Crippen LogP contribution in [0.4, 0.5) is 10.7 Å². The first-order chi connectivity index (χ1) is 14.1. The SMILES string of the molecule is CCN(CC)C(=O)N1CCC[C@H](C(=O)Nc2n[nH]c(-c3ccccc3OC)n2)C1. The van der Waals surface area contributed by atoms with E-state index in [2.05, 4.69) is 20.5 Å². The van der Waals surface area contributed by atoms with Crippen molar-refractivity contribution in [3.63, 3.8) is 0 Å². The van der Waals surface area contributed by atoms with E-state index in [1.54, 1.807) is 16.9 Å². The Hall–Kier alpha value is -3.10. The summed E-state index contributed by atoms with van der Waals surface area (Å²) >= 11 is 0. The van der Waals surface area contributed by atoms with E-state index >= 15 is 0 Å². The number of nitrogens with one attached hydrogen (secondary N) is 2. The van der Waals surface area contributed by atoms with Gasteiger partial charge in [-0.1, -0.05) is 12.1 Å². The molecule has 0 bridgehead atoms. The molecule has 156 valence electrons. The van der Waals surface area contributed by atoms with Crippen LogP contribution in [0.2, 0.25) is 0 Å². The number of amides is 3. The number of hydrogen-bond donors (Lipinski definition) is 2. The molecule has 2 heterocycles. The van der Waals surface area contributed by atoms with E-state index in [-0.39, 0.29) is 23.8 Å². The summed E-state index contributed by atoms with van der Waals surface area (Å²) in [6.45, 7) is 6.32. The largest absolute Gasteiger partial charge is 0.496 e. The summed E-state index contributed by atoms with van der Waals surface area (Å²) in [7, 11) is 1.59. The summed E-state index contributed by atoms with van der Waals surface area (Å²) in [5.74, 6) is 0.936. The molecule has 0 radical (unpaired) electrons. The molecule has 0 unspecified atom stereocenters. The van der Waals surface area contributed by atoms with Gasteiger partial charge in [-0.05, 0) is 38.8 Å². The van der Waals surface area contributed by atoms with Gasteiger partial charge in [0.05, 0.1) is 18.6 Å². The van der Waals surface area contributed by atoms with Crippen molar-refractivity contribution < 1.29 is 14.3 Å². The standard InChI is InChI=1S/C20H28N6O3/c1-4-25(5-2)20(28)26-12-8-9-14(13-26)18(27)22-19-21-17(23-24-19)15-10-6-7-11-16(15)29-3/h6-7,10-11,14H,4-5,8-9,12-13H2,1-3H3,(H2,21,22,23,24,27)/t14-/m0/s1. The smallest absolute Gasteiger partial charge is 0.320 e. The van der Waals surface area contributed by atoms with Gasteiger partial charge >= 0.3 is 6.03 Å². The highest BCUT2D eigenvalue weighted by Crippen LogP contribution is 2.27. The zero-order valence-corrected chi connectivity index (χ0v) is 17.1. The van der Waals surface area contributed by atoms with Crippen LogP contribution in [0.25, 0.3) is 11.4 Å². The van der Waals surface area contributed by atoms with Crippen LogP contribution in [0.1, 0.15) is 26.7 Å². The molecule has 1 aromatic heterocycles. The zero-order chi connectivity index (χ0) is 20.8. The number of aromatic nitrogens is 3. The highest BCUT2D eigenvalue weighted by Gasteiger charge is 2.30. The van der Waals surface area contributed by atoms with E-state index in [0.29, 0.717) is 37.8 Å². The van der Waals surface area contributed by atoms with Crippen LogP contribution in [-0.4, -0.2) is 70.2 Å². The quantitative estimate of drug-likeness (QED) is 0.776. The molecule has 0 aliphatic carbocycles. The van der Waals surface area contributed by atoms with Crippen molar-refractivity contribution in [1.29, 1.82) is 0 Å². The Morgan fingerprint density at radius 1 is 1.31 bits per heavy atom. The van der Waals surface area contributed by atoms with E-state index in [1.807, 2.05) is 38.1 Å². The van der Waals surface area contributed by atoms with Crippen molar-refractivity contribution in [3.05, 3.63) is 24.3 Å². The summed E-state index contributed by atoms with van der Waals surface area (Å²) in [4.78, 5) is 33.2. The van der Waals surface area contributed by atoms with Crippen LogP contribution < -0.4 is 10.1 Å². The number of nitrogens with zero attached hydrogens (tertiary/aromatic N) is 4. The Kier molecular flexibility index (Phi) is 6.69. The number of ether oxygens (including phenoxy) is 1. The minimum atomic E-state index is -0.281. The number of hydrogen-bond acceptors (Lipinski definition) is 5. The lowest BCUT2D eigenvalue weighted by atomic mass is 9.97. The van der Waals surface area contributed by atoms with Crippen molar-refractivity contribution in [3.8, 4) is 17.1 Å². The fraction of sp³-hybridized carbons (Fsp3) is 0.500. The molecule has 2 N–H and O–H groups in total. The lowest BCUT2D eigenvalue weighted by Gasteiger charge is -2.35. The first-order valence-corrected chi connectivity index (χ1v) is 9.97. The number of carbonyl (C=O) groups is 2. The van der Waals surface area contributed by atoms with Crippen LogP contribution >= 0.6 is 0 Å². The summed E-state index contributed by atoms with van der Waals surface area (Å²) in [6, 6.07) is 7.43. The predicted molar refractivity (Wildman–Crippen MR) is 110 cm³/mol. The molecule has 1 atom stereocenters. The molecule has 2 aromatic rings. The van der Waals surface area contributed by atoms with Gasteiger partial charge < -0.3 is 14.5 Å². The van der Waals surface area contributed by atoms with Gasteiger partial charge in [0.1, 0.15) is 5.75 Å². The molecule has 29 heavy (non-hydrogen) atoms. The van der Waals surface area contributed by atoms with Crippen LogP contribution in [-0.2, 0) is 4.79 Å². The molecule has 1 aromatic carbocycles. The Labute approximate surface area is 170 Å². The maximum atomic E-state index is 12.7. The van der Waals surface area contributed by atoms with Gasteiger partial charge in [0, 0.05) is 26.2 Å². The average molecular weight is 400 g/mol.